The molecule has 0 radical (unpaired) electrons. The van der Waals surface area contributed by atoms with E-state index in [1.54, 1.807) is 0 Å². The first-order valence-electron chi connectivity index (χ1n) is 9.28. The molecule has 9 heteroatoms. The number of nitrogens with two attached hydrogens (primary N) is 1. The number of primary amides is 1. The minimum atomic E-state index is -5.05. The first-order valence-corrected chi connectivity index (χ1v) is 9.28. The van der Waals surface area contributed by atoms with Crippen LogP contribution in [0.15, 0.2) is 23.3 Å². The lowest BCUT2D eigenvalue weighted by Crippen LogP contribution is -2.58. The number of halogens is 6. The molecule has 0 aromatic carbocycles. The van der Waals surface area contributed by atoms with Crippen LogP contribution in [-0.4, -0.2) is 42.8 Å². The van der Waals surface area contributed by atoms with Gasteiger partial charge in [-0.25, -0.2) is 0 Å². The van der Waals surface area contributed by atoms with Crippen LogP contribution in [0.3, 0.4) is 0 Å². The van der Waals surface area contributed by atoms with Gasteiger partial charge in [0.15, 0.2) is 0 Å². The standard InChI is InChI=1S/C19H26F6N2O/c1-11(2)10-27-8-6-13(7-9-27)17(19(23,24)25)12(3)14(18(20,21)22)4-5-15(17)16(26)28/h4-5,11,13,15H,6-10H2,1-3H3,(H2,26,28). The molecule has 0 saturated carbocycles. The highest BCUT2D eigenvalue weighted by Crippen LogP contribution is 2.61. The first kappa shape index (κ1) is 22.8. The second kappa shape index (κ2) is 7.72. The first-order chi connectivity index (χ1) is 12.7. The van der Waals surface area contributed by atoms with Crippen LogP contribution in [0.1, 0.15) is 33.6 Å². The third-order valence-electron chi connectivity index (χ3n) is 5.91. The van der Waals surface area contributed by atoms with Crippen LogP contribution in [0, 0.1) is 23.2 Å². The number of likely N-dealkylation sites (tertiary alicyclic amines) is 1. The molecule has 1 aliphatic heterocycles. The fraction of sp³-hybridized carbons (Fsp3) is 0.737. The van der Waals surface area contributed by atoms with Crippen molar-refractivity contribution in [2.24, 2.45) is 28.9 Å². The van der Waals surface area contributed by atoms with Gasteiger partial charge in [-0.15, -0.1) is 0 Å². The molecule has 1 fully saturated rings. The Hall–Kier alpha value is -1.51. The van der Waals surface area contributed by atoms with E-state index in [1.807, 2.05) is 18.7 Å². The van der Waals surface area contributed by atoms with Gasteiger partial charge in [-0.1, -0.05) is 26.0 Å². The largest absolute Gasteiger partial charge is 0.416 e. The van der Waals surface area contributed by atoms with Crippen molar-refractivity contribution in [3.8, 4) is 0 Å². The maximum absolute atomic E-state index is 14.5. The molecule has 2 atom stereocenters. The topological polar surface area (TPSA) is 46.3 Å². The molecule has 1 heterocycles. The molecule has 0 aromatic rings. The summed E-state index contributed by atoms with van der Waals surface area (Å²) in [6, 6.07) is 0. The summed E-state index contributed by atoms with van der Waals surface area (Å²) in [6.45, 7) is 6.19. The Morgan fingerprint density at radius 3 is 2.14 bits per heavy atom. The maximum Gasteiger partial charge on any atom is 0.416 e. The minimum absolute atomic E-state index is 0.0479. The molecule has 1 amide bonds. The van der Waals surface area contributed by atoms with Gasteiger partial charge in [-0.3, -0.25) is 4.79 Å². The number of carbonyl (C=O) groups is 1. The predicted octanol–water partition coefficient (Wildman–Crippen LogP) is 4.45. The molecule has 1 aliphatic carbocycles. The van der Waals surface area contributed by atoms with E-state index in [-0.39, 0.29) is 12.8 Å². The highest BCUT2D eigenvalue weighted by atomic mass is 19.4. The van der Waals surface area contributed by atoms with Crippen molar-refractivity contribution in [2.75, 3.05) is 19.6 Å². The molecule has 2 aliphatic rings. The molecular formula is C19H26F6N2O. The summed E-state index contributed by atoms with van der Waals surface area (Å²) in [4.78, 5) is 13.9. The summed E-state index contributed by atoms with van der Waals surface area (Å²) in [5, 5.41) is 0. The van der Waals surface area contributed by atoms with E-state index in [1.165, 1.54) is 0 Å². The third-order valence-corrected chi connectivity index (χ3v) is 5.91. The summed E-state index contributed by atoms with van der Waals surface area (Å²) >= 11 is 0. The molecule has 160 valence electrons. The number of nitrogens with zero attached hydrogens (tertiary/aromatic N) is 1. The van der Waals surface area contributed by atoms with E-state index >= 15 is 0 Å². The van der Waals surface area contributed by atoms with Gasteiger partial charge in [0, 0.05) is 6.54 Å². The van der Waals surface area contributed by atoms with Crippen molar-refractivity contribution in [1.29, 1.82) is 0 Å². The average Bonchev–Trinajstić information content (AvgIpc) is 2.52. The molecule has 28 heavy (non-hydrogen) atoms. The van der Waals surface area contributed by atoms with Crippen LogP contribution < -0.4 is 5.73 Å². The zero-order chi connectivity index (χ0) is 21.5. The van der Waals surface area contributed by atoms with Crippen LogP contribution in [0.5, 0.6) is 0 Å². The number of rotatable bonds is 4. The Labute approximate surface area is 160 Å². The highest BCUT2D eigenvalue weighted by molar-refractivity contribution is 5.81. The van der Waals surface area contributed by atoms with E-state index in [2.05, 4.69) is 0 Å². The minimum Gasteiger partial charge on any atom is -0.369 e. The summed E-state index contributed by atoms with van der Waals surface area (Å²) in [5.41, 5.74) is 0.109. The predicted molar refractivity (Wildman–Crippen MR) is 93.1 cm³/mol. The molecule has 2 unspecified atom stereocenters. The van der Waals surface area contributed by atoms with E-state index < -0.39 is 46.7 Å². The summed E-state index contributed by atoms with van der Waals surface area (Å²) in [5.74, 6) is -3.96. The molecule has 2 rings (SSSR count). The highest BCUT2D eigenvalue weighted by Gasteiger charge is 2.67. The van der Waals surface area contributed by atoms with Gasteiger partial charge < -0.3 is 10.6 Å². The zero-order valence-electron chi connectivity index (χ0n) is 16.1. The lowest BCUT2D eigenvalue weighted by Gasteiger charge is -2.51. The van der Waals surface area contributed by atoms with Crippen molar-refractivity contribution >= 4 is 5.91 Å². The second-order valence-electron chi connectivity index (χ2n) is 8.11. The number of amides is 1. The lowest BCUT2D eigenvalue weighted by molar-refractivity contribution is -0.246. The zero-order valence-corrected chi connectivity index (χ0v) is 16.1. The van der Waals surface area contributed by atoms with Gasteiger partial charge in [0.2, 0.25) is 5.91 Å². The van der Waals surface area contributed by atoms with Crippen molar-refractivity contribution in [3.05, 3.63) is 23.3 Å². The number of allylic oxidation sites excluding steroid dienone is 3. The van der Waals surface area contributed by atoms with Gasteiger partial charge in [-0.2, -0.15) is 26.3 Å². The molecule has 3 nitrogen and oxygen atoms in total. The normalized spacial score (nSPS) is 28.3. The van der Waals surface area contributed by atoms with Gasteiger partial charge in [0.1, 0.15) is 5.41 Å². The Balaban J connectivity index is 2.56. The smallest absolute Gasteiger partial charge is 0.369 e. The SMILES string of the molecule is CC1=C(C(F)(F)F)C=CC(C(N)=O)C1(C1CCN(CC(C)C)CC1)C(F)(F)F. The fourth-order valence-electron chi connectivity index (χ4n) is 4.82. The van der Waals surface area contributed by atoms with E-state index in [4.69, 9.17) is 5.73 Å². The van der Waals surface area contributed by atoms with Crippen LogP contribution in [0.2, 0.25) is 0 Å². The monoisotopic (exact) mass is 412 g/mol. The van der Waals surface area contributed by atoms with Crippen molar-refractivity contribution in [2.45, 2.75) is 46.0 Å². The Morgan fingerprint density at radius 2 is 1.75 bits per heavy atom. The van der Waals surface area contributed by atoms with Crippen LogP contribution in [0.25, 0.3) is 0 Å². The van der Waals surface area contributed by atoms with Crippen LogP contribution >= 0.6 is 0 Å². The Morgan fingerprint density at radius 1 is 1.21 bits per heavy atom. The van der Waals surface area contributed by atoms with Gasteiger partial charge in [-0.05, 0) is 50.3 Å². The van der Waals surface area contributed by atoms with E-state index in [0.717, 1.165) is 6.92 Å². The van der Waals surface area contributed by atoms with Crippen molar-refractivity contribution in [1.82, 2.24) is 4.90 Å². The number of hydrogen-bond donors (Lipinski definition) is 1. The second-order valence-corrected chi connectivity index (χ2v) is 8.11. The summed E-state index contributed by atoms with van der Waals surface area (Å²) in [7, 11) is 0. The molecule has 0 spiro atoms. The van der Waals surface area contributed by atoms with Gasteiger partial charge >= 0.3 is 12.4 Å². The van der Waals surface area contributed by atoms with Gasteiger partial charge in [0.25, 0.3) is 0 Å². The molecular weight excluding hydrogens is 386 g/mol. The molecule has 1 saturated heterocycles. The maximum atomic E-state index is 14.5. The number of alkyl halides is 6. The van der Waals surface area contributed by atoms with Crippen LogP contribution in [-0.2, 0) is 4.79 Å². The molecule has 0 aromatic heterocycles. The van der Waals surface area contributed by atoms with E-state index in [9.17, 15) is 31.1 Å². The van der Waals surface area contributed by atoms with Crippen LogP contribution in [0.4, 0.5) is 26.3 Å². The summed E-state index contributed by atoms with van der Waals surface area (Å²) in [6.07, 6.45) is -8.66. The Kier molecular flexibility index (Phi) is 6.28. The Bertz CT molecular complexity index is 656. The lowest BCUT2D eigenvalue weighted by atomic mass is 9.56. The summed E-state index contributed by atoms with van der Waals surface area (Å²) < 4.78 is 83.6. The third kappa shape index (κ3) is 3.95. The van der Waals surface area contributed by atoms with Crippen molar-refractivity contribution in [3.63, 3.8) is 0 Å². The number of piperidine rings is 1. The number of hydrogen-bond acceptors (Lipinski definition) is 2. The average molecular weight is 412 g/mol. The van der Waals surface area contributed by atoms with Crippen molar-refractivity contribution < 1.29 is 31.1 Å². The van der Waals surface area contributed by atoms with E-state index in [0.29, 0.717) is 37.7 Å². The molecule has 2 N–H and O–H groups in total. The quantitative estimate of drug-likeness (QED) is 0.694. The number of carbonyl (C=O) groups excluding carboxylic acids is 1. The molecule has 0 bridgehead atoms. The fourth-order valence-corrected chi connectivity index (χ4v) is 4.82. The van der Waals surface area contributed by atoms with Gasteiger partial charge in [0.05, 0.1) is 11.5 Å².